The number of fused-ring (bicyclic) bond motifs is 2. The van der Waals surface area contributed by atoms with Gasteiger partial charge in [0.15, 0.2) is 0 Å². The number of benzene rings is 2. The standard InChI is InChI=1S/C21H19F2N3O2/c1-12-16-3-2-15(22)8-14(16)5-7-26(12)20(27)11-25-19-9-13-4-6-24-21(28)17(13)10-18(19)23/h2-4,6,8-10,12,25H,5,7,11H2,1H3,(H,24,28)/t12-/m0/s1. The van der Waals surface area contributed by atoms with E-state index in [0.29, 0.717) is 18.4 Å². The summed E-state index contributed by atoms with van der Waals surface area (Å²) in [4.78, 5) is 28.7. The van der Waals surface area contributed by atoms with Crippen molar-refractivity contribution in [3.05, 3.63) is 75.7 Å². The molecule has 0 fully saturated rings. The largest absolute Gasteiger partial charge is 0.374 e. The zero-order chi connectivity index (χ0) is 19.8. The van der Waals surface area contributed by atoms with Crippen LogP contribution >= 0.6 is 0 Å². The number of nitrogens with zero attached hydrogens (tertiary/aromatic N) is 1. The fraction of sp³-hybridized carbons (Fsp3) is 0.238. The molecule has 3 aromatic rings. The first kappa shape index (κ1) is 18.2. The molecule has 1 aliphatic heterocycles. The molecule has 0 saturated heterocycles. The summed E-state index contributed by atoms with van der Waals surface area (Å²) in [5.41, 5.74) is 1.64. The van der Waals surface area contributed by atoms with Gasteiger partial charge in [-0.3, -0.25) is 9.59 Å². The number of pyridine rings is 1. The van der Waals surface area contributed by atoms with Crippen LogP contribution in [0.3, 0.4) is 0 Å². The van der Waals surface area contributed by atoms with Gasteiger partial charge in [0, 0.05) is 12.7 Å². The number of rotatable bonds is 3. The molecular weight excluding hydrogens is 364 g/mol. The molecule has 0 bridgehead atoms. The van der Waals surface area contributed by atoms with Gasteiger partial charge in [0.25, 0.3) is 5.56 Å². The molecule has 1 amide bonds. The lowest BCUT2D eigenvalue weighted by Crippen LogP contribution is -2.41. The van der Waals surface area contributed by atoms with Gasteiger partial charge >= 0.3 is 0 Å². The van der Waals surface area contributed by atoms with Crippen molar-refractivity contribution in [1.82, 2.24) is 9.88 Å². The number of hydrogen-bond acceptors (Lipinski definition) is 3. The van der Waals surface area contributed by atoms with Crippen LogP contribution in [0.15, 0.2) is 47.4 Å². The molecule has 1 atom stereocenters. The summed E-state index contributed by atoms with van der Waals surface area (Å²) in [5.74, 6) is -1.05. The van der Waals surface area contributed by atoms with E-state index in [4.69, 9.17) is 0 Å². The third kappa shape index (κ3) is 3.24. The van der Waals surface area contributed by atoms with Crippen LogP contribution in [0.1, 0.15) is 24.1 Å². The van der Waals surface area contributed by atoms with E-state index in [1.54, 1.807) is 17.0 Å². The Labute approximate surface area is 160 Å². The lowest BCUT2D eigenvalue weighted by atomic mass is 9.93. The van der Waals surface area contributed by atoms with Gasteiger partial charge in [-0.15, -0.1) is 0 Å². The molecule has 28 heavy (non-hydrogen) atoms. The summed E-state index contributed by atoms with van der Waals surface area (Å²) in [6.07, 6.45) is 2.07. The average Bonchev–Trinajstić information content (AvgIpc) is 2.67. The minimum atomic E-state index is -0.593. The van der Waals surface area contributed by atoms with Gasteiger partial charge in [-0.05, 0) is 60.2 Å². The number of hydrogen-bond donors (Lipinski definition) is 2. The van der Waals surface area contributed by atoms with Crippen LogP contribution in [0.2, 0.25) is 0 Å². The smallest absolute Gasteiger partial charge is 0.255 e. The van der Waals surface area contributed by atoms with E-state index in [1.165, 1.54) is 24.4 Å². The molecular formula is C21H19F2N3O2. The van der Waals surface area contributed by atoms with Crippen LogP contribution in [0.5, 0.6) is 0 Å². The highest BCUT2D eigenvalue weighted by Gasteiger charge is 2.27. The van der Waals surface area contributed by atoms with Crippen molar-refractivity contribution in [1.29, 1.82) is 0 Å². The number of halogens is 2. The Morgan fingerprint density at radius 2 is 2.07 bits per heavy atom. The van der Waals surface area contributed by atoms with E-state index in [0.717, 1.165) is 17.2 Å². The Hall–Kier alpha value is -3.22. The number of aromatic amines is 1. The molecule has 144 valence electrons. The monoisotopic (exact) mass is 383 g/mol. The van der Waals surface area contributed by atoms with Crippen molar-refractivity contribution >= 4 is 22.4 Å². The second-order valence-corrected chi connectivity index (χ2v) is 6.94. The van der Waals surface area contributed by atoms with Crippen molar-refractivity contribution < 1.29 is 13.6 Å². The van der Waals surface area contributed by atoms with E-state index in [1.807, 2.05) is 6.92 Å². The molecule has 7 heteroatoms. The van der Waals surface area contributed by atoms with Crippen LogP contribution in [0.4, 0.5) is 14.5 Å². The molecule has 2 N–H and O–H groups in total. The first-order chi connectivity index (χ1) is 13.4. The summed E-state index contributed by atoms with van der Waals surface area (Å²) < 4.78 is 27.7. The Balaban J connectivity index is 1.50. The fourth-order valence-electron chi connectivity index (χ4n) is 3.76. The minimum Gasteiger partial charge on any atom is -0.374 e. The van der Waals surface area contributed by atoms with Gasteiger partial charge in [0.1, 0.15) is 11.6 Å². The maximum absolute atomic E-state index is 14.3. The van der Waals surface area contributed by atoms with Gasteiger partial charge in [0.2, 0.25) is 5.91 Å². The first-order valence-electron chi connectivity index (χ1n) is 9.06. The highest BCUT2D eigenvalue weighted by Crippen LogP contribution is 2.30. The topological polar surface area (TPSA) is 65.2 Å². The van der Waals surface area contributed by atoms with Crippen LogP contribution in [0, 0.1) is 11.6 Å². The maximum Gasteiger partial charge on any atom is 0.255 e. The third-order valence-corrected chi connectivity index (χ3v) is 5.26. The fourth-order valence-corrected chi connectivity index (χ4v) is 3.76. The molecule has 1 aromatic heterocycles. The lowest BCUT2D eigenvalue weighted by Gasteiger charge is -2.35. The van der Waals surface area contributed by atoms with Gasteiger partial charge in [-0.25, -0.2) is 8.78 Å². The molecule has 1 aliphatic rings. The molecule has 0 aliphatic carbocycles. The van der Waals surface area contributed by atoms with Crippen molar-refractivity contribution in [2.24, 2.45) is 0 Å². The predicted octanol–water partition coefficient (Wildman–Crippen LogP) is 3.36. The lowest BCUT2D eigenvalue weighted by molar-refractivity contribution is -0.131. The molecule has 0 saturated carbocycles. The molecule has 0 spiro atoms. The molecule has 5 nitrogen and oxygen atoms in total. The van der Waals surface area contributed by atoms with Crippen molar-refractivity contribution in [3.8, 4) is 0 Å². The van der Waals surface area contributed by atoms with Crippen molar-refractivity contribution in [3.63, 3.8) is 0 Å². The van der Waals surface area contributed by atoms with Crippen LogP contribution in [0.25, 0.3) is 10.8 Å². The molecule has 0 unspecified atom stereocenters. The van der Waals surface area contributed by atoms with E-state index < -0.39 is 5.82 Å². The quantitative estimate of drug-likeness (QED) is 0.729. The molecule has 2 aromatic carbocycles. The van der Waals surface area contributed by atoms with Gasteiger partial charge in [0.05, 0.1) is 23.7 Å². The number of nitrogens with one attached hydrogen (secondary N) is 2. The molecule has 2 heterocycles. The molecule has 4 rings (SSSR count). The number of amides is 1. The Morgan fingerprint density at radius 1 is 1.25 bits per heavy atom. The summed E-state index contributed by atoms with van der Waals surface area (Å²) >= 11 is 0. The maximum atomic E-state index is 14.3. The van der Waals surface area contributed by atoms with Crippen LogP contribution < -0.4 is 10.9 Å². The first-order valence-corrected chi connectivity index (χ1v) is 9.06. The normalized spacial score (nSPS) is 16.1. The summed E-state index contributed by atoms with van der Waals surface area (Å²) in [6, 6.07) is 8.79. The van der Waals surface area contributed by atoms with Crippen molar-refractivity contribution in [2.45, 2.75) is 19.4 Å². The zero-order valence-corrected chi connectivity index (χ0v) is 15.3. The van der Waals surface area contributed by atoms with Crippen molar-refractivity contribution in [2.75, 3.05) is 18.4 Å². The second-order valence-electron chi connectivity index (χ2n) is 6.94. The summed E-state index contributed by atoms with van der Waals surface area (Å²) in [7, 11) is 0. The van der Waals surface area contributed by atoms with E-state index >= 15 is 0 Å². The van der Waals surface area contributed by atoms with Gasteiger partial charge in [-0.2, -0.15) is 0 Å². The van der Waals surface area contributed by atoms with E-state index in [9.17, 15) is 18.4 Å². The number of carbonyl (C=O) groups excluding carboxylic acids is 1. The Morgan fingerprint density at radius 3 is 2.89 bits per heavy atom. The predicted molar refractivity (Wildman–Crippen MR) is 103 cm³/mol. The Bertz CT molecular complexity index is 1130. The van der Waals surface area contributed by atoms with Crippen LogP contribution in [-0.2, 0) is 11.2 Å². The average molecular weight is 383 g/mol. The minimum absolute atomic E-state index is 0.0769. The number of H-pyrrole nitrogens is 1. The highest BCUT2D eigenvalue weighted by atomic mass is 19.1. The SMILES string of the molecule is C[C@H]1c2ccc(F)cc2CCN1C(=O)CNc1cc2cc[nH]c(=O)c2cc1F. The third-order valence-electron chi connectivity index (χ3n) is 5.26. The number of aromatic nitrogens is 1. The van der Waals surface area contributed by atoms with E-state index in [2.05, 4.69) is 10.3 Å². The number of carbonyl (C=O) groups is 1. The summed E-state index contributed by atoms with van der Waals surface area (Å²) in [6.45, 7) is 2.30. The summed E-state index contributed by atoms with van der Waals surface area (Å²) in [5, 5.41) is 3.68. The Kier molecular flexibility index (Phi) is 4.58. The van der Waals surface area contributed by atoms with E-state index in [-0.39, 0.29) is 40.9 Å². The zero-order valence-electron chi connectivity index (χ0n) is 15.3. The van der Waals surface area contributed by atoms with Crippen LogP contribution in [-0.4, -0.2) is 28.9 Å². The highest BCUT2D eigenvalue weighted by molar-refractivity contribution is 5.87. The van der Waals surface area contributed by atoms with Gasteiger partial charge < -0.3 is 15.2 Å². The molecule has 0 radical (unpaired) electrons. The number of anilines is 1. The van der Waals surface area contributed by atoms with Gasteiger partial charge in [-0.1, -0.05) is 6.07 Å². The second kappa shape index (κ2) is 7.07.